The summed E-state index contributed by atoms with van der Waals surface area (Å²) in [6.45, 7) is 8.08. The first kappa shape index (κ1) is 11.5. The van der Waals surface area contributed by atoms with Gasteiger partial charge in [-0.25, -0.2) is 0 Å². The number of carbonyl (C=O) groups excluding carboxylic acids is 1. The van der Waals surface area contributed by atoms with E-state index in [9.17, 15) is 4.79 Å². The number of rotatable bonds is 3. The molecule has 1 rings (SSSR count). The van der Waals surface area contributed by atoms with Gasteiger partial charge in [-0.05, 0) is 18.3 Å². The summed E-state index contributed by atoms with van der Waals surface area (Å²) in [5.74, 6) is 1.07. The Hall–Kier alpha value is -0.570. The maximum absolute atomic E-state index is 11.9. The zero-order valence-corrected chi connectivity index (χ0v) is 9.49. The fourth-order valence-electron chi connectivity index (χ4n) is 1.84. The average Bonchev–Trinajstić information content (AvgIpc) is 2.61. The van der Waals surface area contributed by atoms with E-state index < -0.39 is 0 Å². The number of carbonyl (C=O) groups is 1. The third-order valence-electron chi connectivity index (χ3n) is 3.28. The van der Waals surface area contributed by atoms with Crippen LogP contribution in [0.15, 0.2) is 0 Å². The van der Waals surface area contributed by atoms with Crippen molar-refractivity contribution in [2.45, 2.75) is 39.7 Å². The van der Waals surface area contributed by atoms with Crippen molar-refractivity contribution >= 4 is 5.91 Å². The van der Waals surface area contributed by atoms with E-state index in [2.05, 4.69) is 13.8 Å². The van der Waals surface area contributed by atoms with Gasteiger partial charge < -0.3 is 10.6 Å². The molecule has 0 saturated carbocycles. The van der Waals surface area contributed by atoms with Crippen molar-refractivity contribution in [2.75, 3.05) is 13.1 Å². The fraction of sp³-hybridized carbons (Fsp3) is 0.909. The lowest BCUT2D eigenvalue weighted by Crippen LogP contribution is -2.46. The van der Waals surface area contributed by atoms with Crippen molar-refractivity contribution in [1.82, 2.24) is 4.90 Å². The van der Waals surface area contributed by atoms with Crippen LogP contribution < -0.4 is 5.73 Å². The molecule has 82 valence electrons. The molecule has 0 aromatic rings. The van der Waals surface area contributed by atoms with Crippen LogP contribution in [0.5, 0.6) is 0 Å². The maximum atomic E-state index is 11.9. The van der Waals surface area contributed by atoms with E-state index in [1.165, 1.54) is 0 Å². The Bertz CT molecular complexity index is 201. The quantitative estimate of drug-likeness (QED) is 0.741. The Kier molecular flexibility index (Phi) is 3.93. The van der Waals surface area contributed by atoms with Gasteiger partial charge in [0.1, 0.15) is 0 Å². The minimum absolute atomic E-state index is 0.142. The van der Waals surface area contributed by atoms with Crippen LogP contribution in [0, 0.1) is 11.8 Å². The highest BCUT2D eigenvalue weighted by atomic mass is 16.2. The van der Waals surface area contributed by atoms with Gasteiger partial charge >= 0.3 is 0 Å². The number of hydrogen-bond donors (Lipinski definition) is 1. The monoisotopic (exact) mass is 198 g/mol. The molecule has 0 bridgehead atoms. The van der Waals surface area contributed by atoms with Crippen molar-refractivity contribution in [2.24, 2.45) is 17.6 Å². The van der Waals surface area contributed by atoms with Crippen molar-refractivity contribution in [3.63, 3.8) is 0 Å². The van der Waals surface area contributed by atoms with Crippen LogP contribution in [0.1, 0.15) is 33.6 Å². The second-order valence-electron chi connectivity index (χ2n) is 4.59. The van der Waals surface area contributed by atoms with Gasteiger partial charge in [0.05, 0.1) is 6.04 Å². The van der Waals surface area contributed by atoms with E-state index in [-0.39, 0.29) is 11.9 Å². The molecule has 1 aliphatic rings. The number of amides is 1. The van der Waals surface area contributed by atoms with Gasteiger partial charge in [-0.2, -0.15) is 0 Å². The molecule has 1 fully saturated rings. The lowest BCUT2D eigenvalue weighted by atomic mass is 9.99. The maximum Gasteiger partial charge on any atom is 0.239 e. The highest BCUT2D eigenvalue weighted by Gasteiger charge is 2.29. The Labute approximate surface area is 86.6 Å². The molecule has 0 radical (unpaired) electrons. The first-order valence-corrected chi connectivity index (χ1v) is 5.60. The number of hydrogen-bond acceptors (Lipinski definition) is 2. The highest BCUT2D eigenvalue weighted by Crippen LogP contribution is 2.17. The van der Waals surface area contributed by atoms with Gasteiger partial charge in [0.25, 0.3) is 0 Å². The van der Waals surface area contributed by atoms with Crippen molar-refractivity contribution in [1.29, 1.82) is 0 Å². The second-order valence-corrected chi connectivity index (χ2v) is 4.59. The van der Waals surface area contributed by atoms with Crippen LogP contribution in [0.2, 0.25) is 0 Å². The van der Waals surface area contributed by atoms with Crippen LogP contribution in [-0.2, 0) is 4.79 Å². The summed E-state index contributed by atoms with van der Waals surface area (Å²) in [6, 6.07) is -0.301. The zero-order valence-electron chi connectivity index (χ0n) is 9.49. The molecule has 0 aromatic carbocycles. The molecule has 1 aliphatic heterocycles. The molecule has 1 amide bonds. The Morgan fingerprint density at radius 1 is 1.64 bits per heavy atom. The van der Waals surface area contributed by atoms with Crippen LogP contribution in [0.4, 0.5) is 0 Å². The lowest BCUT2D eigenvalue weighted by molar-refractivity contribution is -0.132. The molecule has 3 nitrogen and oxygen atoms in total. The van der Waals surface area contributed by atoms with E-state index >= 15 is 0 Å². The molecule has 2 N–H and O–H groups in total. The van der Waals surface area contributed by atoms with E-state index in [1.807, 2.05) is 11.8 Å². The number of nitrogens with zero attached hydrogens (tertiary/aromatic N) is 1. The van der Waals surface area contributed by atoms with Gasteiger partial charge in [0.2, 0.25) is 5.91 Å². The molecular formula is C11H22N2O. The van der Waals surface area contributed by atoms with Crippen LogP contribution >= 0.6 is 0 Å². The number of nitrogens with two attached hydrogens (primary N) is 1. The largest absolute Gasteiger partial charge is 0.341 e. The summed E-state index contributed by atoms with van der Waals surface area (Å²) in [5.41, 5.74) is 5.91. The van der Waals surface area contributed by atoms with Gasteiger partial charge in [0, 0.05) is 13.1 Å². The van der Waals surface area contributed by atoms with E-state index in [1.54, 1.807) is 0 Å². The second kappa shape index (κ2) is 4.78. The van der Waals surface area contributed by atoms with Crippen molar-refractivity contribution < 1.29 is 4.79 Å². The average molecular weight is 198 g/mol. The minimum atomic E-state index is -0.301. The van der Waals surface area contributed by atoms with Crippen molar-refractivity contribution in [3.05, 3.63) is 0 Å². The summed E-state index contributed by atoms with van der Waals surface area (Å²) < 4.78 is 0. The van der Waals surface area contributed by atoms with E-state index in [0.717, 1.165) is 25.9 Å². The molecule has 0 aromatic heterocycles. The summed E-state index contributed by atoms with van der Waals surface area (Å²) >= 11 is 0. The normalized spacial score (nSPS) is 26.3. The predicted octanol–water partition coefficient (Wildman–Crippen LogP) is 1.23. The molecule has 3 heteroatoms. The molecule has 1 saturated heterocycles. The Balaban J connectivity index is 2.48. The van der Waals surface area contributed by atoms with E-state index in [0.29, 0.717) is 11.8 Å². The minimum Gasteiger partial charge on any atom is -0.341 e. The molecule has 0 spiro atoms. The lowest BCUT2D eigenvalue weighted by Gasteiger charge is -2.24. The predicted molar refractivity (Wildman–Crippen MR) is 57.8 cm³/mol. The third-order valence-corrected chi connectivity index (χ3v) is 3.28. The fourth-order valence-corrected chi connectivity index (χ4v) is 1.84. The standard InChI is InChI=1S/C11H22N2O/c1-4-9(3)10(12)11(14)13-6-5-8(2)7-13/h8-10H,4-7,12H2,1-3H3/t8?,9-,10+/m1/s1. The smallest absolute Gasteiger partial charge is 0.239 e. The van der Waals surface area contributed by atoms with Gasteiger partial charge in [0.15, 0.2) is 0 Å². The van der Waals surface area contributed by atoms with Gasteiger partial charge in [-0.1, -0.05) is 27.2 Å². The van der Waals surface area contributed by atoms with Crippen LogP contribution in [0.3, 0.4) is 0 Å². The summed E-state index contributed by atoms with van der Waals surface area (Å²) in [6.07, 6.45) is 2.09. The first-order valence-electron chi connectivity index (χ1n) is 5.60. The van der Waals surface area contributed by atoms with Gasteiger partial charge in [-0.3, -0.25) is 4.79 Å². The summed E-state index contributed by atoms with van der Waals surface area (Å²) in [5, 5.41) is 0. The van der Waals surface area contributed by atoms with E-state index in [4.69, 9.17) is 5.73 Å². The van der Waals surface area contributed by atoms with Crippen LogP contribution in [0.25, 0.3) is 0 Å². The molecule has 0 aliphatic carbocycles. The molecule has 3 atom stereocenters. The molecule has 1 unspecified atom stereocenters. The molecule has 1 heterocycles. The Morgan fingerprint density at radius 3 is 2.71 bits per heavy atom. The SMILES string of the molecule is CC[C@@H](C)[C@H](N)C(=O)N1CCC(C)C1. The summed E-state index contributed by atoms with van der Waals surface area (Å²) in [4.78, 5) is 13.8. The van der Waals surface area contributed by atoms with Crippen LogP contribution in [-0.4, -0.2) is 29.9 Å². The highest BCUT2D eigenvalue weighted by molar-refractivity contribution is 5.82. The third kappa shape index (κ3) is 2.47. The zero-order chi connectivity index (χ0) is 10.7. The molecule has 14 heavy (non-hydrogen) atoms. The topological polar surface area (TPSA) is 46.3 Å². The Morgan fingerprint density at radius 2 is 2.29 bits per heavy atom. The van der Waals surface area contributed by atoms with Gasteiger partial charge in [-0.15, -0.1) is 0 Å². The number of likely N-dealkylation sites (tertiary alicyclic amines) is 1. The summed E-state index contributed by atoms with van der Waals surface area (Å²) in [7, 11) is 0. The molecular weight excluding hydrogens is 176 g/mol. The first-order chi connectivity index (χ1) is 6.56. The van der Waals surface area contributed by atoms with Crippen molar-refractivity contribution in [3.8, 4) is 0 Å².